The van der Waals surface area contributed by atoms with Gasteiger partial charge in [0.1, 0.15) is 11.5 Å². The number of carbonyl (C=O) groups excluding carboxylic acids is 1. The van der Waals surface area contributed by atoms with E-state index >= 15 is 0 Å². The second-order valence-corrected chi connectivity index (χ2v) is 7.78. The molecule has 0 saturated heterocycles. The average molecular weight is 382 g/mol. The van der Waals surface area contributed by atoms with Crippen molar-refractivity contribution in [3.63, 3.8) is 0 Å². The zero-order valence-corrected chi connectivity index (χ0v) is 16.2. The molecule has 27 heavy (non-hydrogen) atoms. The standard InChI is InChI=1S/C21H22N2O3S/c1-15-8-6-7-11-18(15)21-23-19(16(2)26-21)13-27(25)14-20(24)22-12-17-9-4-3-5-10-17/h3-11H,12-14H2,1-2H3,(H,22,24)/t27-/m0/s1. The summed E-state index contributed by atoms with van der Waals surface area (Å²) in [5, 5.41) is 2.79. The molecule has 3 rings (SSSR count). The van der Waals surface area contributed by atoms with Crippen LogP contribution in [0.1, 0.15) is 22.6 Å². The predicted octanol–water partition coefficient (Wildman–Crippen LogP) is 3.52. The molecule has 0 unspecified atom stereocenters. The fraction of sp³-hybridized carbons (Fsp3) is 0.238. The number of nitrogens with zero attached hydrogens (tertiary/aromatic N) is 1. The van der Waals surface area contributed by atoms with Crippen LogP contribution in [-0.4, -0.2) is 20.9 Å². The zero-order chi connectivity index (χ0) is 19.2. The molecule has 0 fully saturated rings. The number of rotatable bonds is 7. The van der Waals surface area contributed by atoms with Gasteiger partial charge in [-0.1, -0.05) is 48.5 Å². The number of aromatic nitrogens is 1. The third kappa shape index (κ3) is 5.14. The van der Waals surface area contributed by atoms with E-state index in [0.717, 1.165) is 16.7 Å². The van der Waals surface area contributed by atoms with Gasteiger partial charge >= 0.3 is 0 Å². The van der Waals surface area contributed by atoms with Gasteiger partial charge in [0.25, 0.3) is 0 Å². The van der Waals surface area contributed by atoms with Gasteiger partial charge in [0, 0.05) is 22.9 Å². The highest BCUT2D eigenvalue weighted by atomic mass is 32.2. The Hall–Kier alpha value is -2.73. The maximum absolute atomic E-state index is 12.4. The molecular formula is C21H22N2O3S. The quantitative estimate of drug-likeness (QED) is 0.679. The van der Waals surface area contributed by atoms with Gasteiger partial charge in [-0.3, -0.25) is 9.00 Å². The van der Waals surface area contributed by atoms with Gasteiger partial charge in [0.15, 0.2) is 0 Å². The fourth-order valence-corrected chi connectivity index (χ4v) is 3.76. The first-order valence-corrected chi connectivity index (χ1v) is 10.2. The van der Waals surface area contributed by atoms with Crippen molar-refractivity contribution in [2.24, 2.45) is 0 Å². The van der Waals surface area contributed by atoms with Gasteiger partial charge in [-0.05, 0) is 31.0 Å². The molecule has 1 amide bonds. The minimum Gasteiger partial charge on any atom is -0.441 e. The predicted molar refractivity (Wildman–Crippen MR) is 106 cm³/mol. The van der Waals surface area contributed by atoms with Gasteiger partial charge in [0.05, 0.1) is 11.4 Å². The SMILES string of the molecule is Cc1ccccc1-c1nc(C[S@](=O)CC(=O)NCc2ccccc2)c(C)o1. The van der Waals surface area contributed by atoms with Crippen molar-refractivity contribution in [2.75, 3.05) is 5.75 Å². The zero-order valence-electron chi connectivity index (χ0n) is 15.4. The van der Waals surface area contributed by atoms with Gasteiger partial charge in [-0.25, -0.2) is 4.98 Å². The van der Waals surface area contributed by atoms with Crippen molar-refractivity contribution >= 4 is 16.7 Å². The highest BCUT2D eigenvalue weighted by Gasteiger charge is 2.16. The molecule has 0 radical (unpaired) electrons. The van der Waals surface area contributed by atoms with Crippen LogP contribution in [0.15, 0.2) is 59.0 Å². The number of aryl methyl sites for hydroxylation is 2. The summed E-state index contributed by atoms with van der Waals surface area (Å²) < 4.78 is 18.1. The molecule has 2 aromatic carbocycles. The monoisotopic (exact) mass is 382 g/mol. The van der Waals surface area contributed by atoms with Crippen LogP contribution >= 0.6 is 0 Å². The lowest BCUT2D eigenvalue weighted by Crippen LogP contribution is -2.28. The van der Waals surface area contributed by atoms with E-state index in [1.807, 2.05) is 61.5 Å². The third-order valence-corrected chi connectivity index (χ3v) is 5.37. The summed E-state index contributed by atoms with van der Waals surface area (Å²) in [7, 11) is -1.35. The summed E-state index contributed by atoms with van der Waals surface area (Å²) in [5.74, 6) is 1.05. The lowest BCUT2D eigenvalue weighted by atomic mass is 10.1. The van der Waals surface area contributed by atoms with E-state index < -0.39 is 10.8 Å². The fourth-order valence-electron chi connectivity index (χ4n) is 2.69. The van der Waals surface area contributed by atoms with Crippen LogP contribution in [0.4, 0.5) is 0 Å². The smallest absolute Gasteiger partial charge is 0.232 e. The van der Waals surface area contributed by atoms with E-state index in [-0.39, 0.29) is 17.4 Å². The molecule has 6 heteroatoms. The minimum atomic E-state index is -1.35. The van der Waals surface area contributed by atoms with Crippen LogP contribution < -0.4 is 5.32 Å². The van der Waals surface area contributed by atoms with Crippen molar-refractivity contribution in [1.29, 1.82) is 0 Å². The first-order chi connectivity index (χ1) is 13.0. The Morgan fingerprint density at radius 2 is 1.78 bits per heavy atom. The maximum atomic E-state index is 12.4. The first-order valence-electron chi connectivity index (χ1n) is 8.71. The number of nitrogens with one attached hydrogen (secondary N) is 1. The van der Waals surface area contributed by atoms with Gasteiger partial charge < -0.3 is 9.73 Å². The van der Waals surface area contributed by atoms with E-state index in [4.69, 9.17) is 4.42 Å². The summed E-state index contributed by atoms with van der Waals surface area (Å²) >= 11 is 0. The molecule has 140 valence electrons. The number of benzene rings is 2. The topological polar surface area (TPSA) is 72.2 Å². The summed E-state index contributed by atoms with van der Waals surface area (Å²) in [6, 6.07) is 17.4. The average Bonchev–Trinajstić information content (AvgIpc) is 3.01. The lowest BCUT2D eigenvalue weighted by molar-refractivity contribution is -0.118. The van der Waals surface area contributed by atoms with Crippen molar-refractivity contribution in [3.05, 3.63) is 77.2 Å². The number of oxazole rings is 1. The summed E-state index contributed by atoms with van der Waals surface area (Å²) in [6.45, 7) is 4.22. The van der Waals surface area contributed by atoms with Gasteiger partial charge in [-0.2, -0.15) is 0 Å². The molecule has 3 aromatic rings. The van der Waals surface area contributed by atoms with Crippen LogP contribution in [0, 0.1) is 13.8 Å². The number of hydrogen-bond acceptors (Lipinski definition) is 4. The van der Waals surface area contributed by atoms with Crippen LogP contribution in [-0.2, 0) is 27.9 Å². The van der Waals surface area contributed by atoms with Crippen LogP contribution in [0.2, 0.25) is 0 Å². The van der Waals surface area contributed by atoms with E-state index in [2.05, 4.69) is 10.3 Å². The van der Waals surface area contributed by atoms with Crippen LogP contribution in [0.5, 0.6) is 0 Å². The van der Waals surface area contributed by atoms with E-state index in [1.165, 1.54) is 0 Å². The molecule has 1 atom stereocenters. The maximum Gasteiger partial charge on any atom is 0.232 e. The minimum absolute atomic E-state index is 0.0567. The molecule has 1 aromatic heterocycles. The molecule has 1 N–H and O–H groups in total. The Morgan fingerprint density at radius 3 is 2.52 bits per heavy atom. The molecule has 0 saturated carbocycles. The Bertz CT molecular complexity index is 951. The summed E-state index contributed by atoms with van der Waals surface area (Å²) in [5.41, 5.74) is 3.61. The molecule has 0 bridgehead atoms. The normalized spacial score (nSPS) is 11.9. The van der Waals surface area contributed by atoms with Gasteiger partial charge in [0.2, 0.25) is 11.8 Å². The van der Waals surface area contributed by atoms with Crippen molar-refractivity contribution in [2.45, 2.75) is 26.1 Å². The second-order valence-electron chi connectivity index (χ2n) is 6.33. The summed E-state index contributed by atoms with van der Waals surface area (Å²) in [4.78, 5) is 16.5. The Morgan fingerprint density at radius 1 is 1.07 bits per heavy atom. The highest BCUT2D eigenvalue weighted by molar-refractivity contribution is 7.84. The lowest BCUT2D eigenvalue weighted by Gasteiger charge is -2.05. The van der Waals surface area contributed by atoms with Crippen molar-refractivity contribution in [3.8, 4) is 11.5 Å². The molecule has 5 nitrogen and oxygen atoms in total. The van der Waals surface area contributed by atoms with Gasteiger partial charge in [-0.15, -0.1) is 0 Å². The van der Waals surface area contributed by atoms with E-state index in [1.54, 1.807) is 6.92 Å². The number of amides is 1. The molecule has 0 aliphatic rings. The molecular weight excluding hydrogens is 360 g/mol. The largest absolute Gasteiger partial charge is 0.441 e. The van der Waals surface area contributed by atoms with Crippen molar-refractivity contribution < 1.29 is 13.4 Å². The van der Waals surface area contributed by atoms with Crippen LogP contribution in [0.25, 0.3) is 11.5 Å². The summed E-state index contributed by atoms with van der Waals surface area (Å²) in [6.07, 6.45) is 0. The Balaban J connectivity index is 1.58. The highest BCUT2D eigenvalue weighted by Crippen LogP contribution is 2.25. The van der Waals surface area contributed by atoms with Crippen molar-refractivity contribution in [1.82, 2.24) is 10.3 Å². The number of carbonyl (C=O) groups is 1. The molecule has 0 spiro atoms. The molecule has 0 aliphatic heterocycles. The molecule has 0 aliphatic carbocycles. The number of hydrogen-bond donors (Lipinski definition) is 1. The molecule has 1 heterocycles. The second kappa shape index (κ2) is 8.77. The van der Waals surface area contributed by atoms with E-state index in [0.29, 0.717) is 23.9 Å². The Kier molecular flexibility index (Phi) is 6.19. The Labute approximate surface area is 161 Å². The van der Waals surface area contributed by atoms with Crippen LogP contribution in [0.3, 0.4) is 0 Å². The first kappa shape index (κ1) is 19.0. The van der Waals surface area contributed by atoms with E-state index in [9.17, 15) is 9.00 Å². The third-order valence-electron chi connectivity index (χ3n) is 4.19.